The molecule has 1 unspecified atom stereocenters. The van der Waals surface area contributed by atoms with Gasteiger partial charge in [0.25, 0.3) is 0 Å². The van der Waals surface area contributed by atoms with Gasteiger partial charge in [0.2, 0.25) is 11.8 Å². The summed E-state index contributed by atoms with van der Waals surface area (Å²) in [6.45, 7) is 6.12. The fraction of sp³-hybridized carbons (Fsp3) is 0.417. The molecule has 1 N–H and O–H groups in total. The van der Waals surface area contributed by atoms with Crippen molar-refractivity contribution in [3.05, 3.63) is 64.7 Å². The predicted molar refractivity (Wildman–Crippen MR) is 129 cm³/mol. The summed E-state index contributed by atoms with van der Waals surface area (Å²) < 4.78 is 5.22. The molecule has 0 saturated heterocycles. The second kappa shape index (κ2) is 12.6. The van der Waals surface area contributed by atoms with Gasteiger partial charge in [0, 0.05) is 23.4 Å². The van der Waals surface area contributed by atoms with Crippen LogP contribution < -0.4 is 10.1 Å². The zero-order valence-corrected chi connectivity index (χ0v) is 20.1. The summed E-state index contributed by atoms with van der Waals surface area (Å²) >= 11 is 7.72. The smallest absolute Gasteiger partial charge is 0.243 e. The Hall–Kier alpha value is -2.18. The van der Waals surface area contributed by atoms with Crippen molar-refractivity contribution in [3.8, 4) is 5.75 Å². The number of hydrogen-bond donors (Lipinski definition) is 1. The number of carbonyl (C=O) groups is 2. The van der Waals surface area contributed by atoms with Crippen LogP contribution >= 0.6 is 23.4 Å². The van der Waals surface area contributed by atoms with Gasteiger partial charge in [-0.25, -0.2) is 0 Å². The first kappa shape index (κ1) is 25.1. The molecule has 1 atom stereocenters. The molecule has 0 fully saturated rings. The number of ether oxygens (including phenoxy) is 1. The van der Waals surface area contributed by atoms with Gasteiger partial charge in [-0.1, -0.05) is 48.9 Å². The quantitative estimate of drug-likeness (QED) is 0.515. The first-order valence-electron chi connectivity index (χ1n) is 10.4. The van der Waals surface area contributed by atoms with Crippen LogP contribution in [0.15, 0.2) is 48.5 Å². The number of nitrogens with zero attached hydrogens (tertiary/aromatic N) is 1. The third-order valence-electron chi connectivity index (χ3n) is 4.77. The highest BCUT2D eigenvalue weighted by molar-refractivity contribution is 7.99. The van der Waals surface area contributed by atoms with Crippen LogP contribution in [0.1, 0.15) is 38.3 Å². The van der Waals surface area contributed by atoms with Crippen molar-refractivity contribution in [2.45, 2.75) is 51.6 Å². The van der Waals surface area contributed by atoms with Crippen molar-refractivity contribution in [2.75, 3.05) is 12.9 Å². The van der Waals surface area contributed by atoms with Gasteiger partial charge in [-0.05, 0) is 49.6 Å². The molecule has 2 rings (SSSR count). The Morgan fingerprint density at radius 3 is 2.39 bits per heavy atom. The Balaban J connectivity index is 2.14. The van der Waals surface area contributed by atoms with Gasteiger partial charge in [-0.15, -0.1) is 11.8 Å². The molecular weight excluding hydrogens is 432 g/mol. The molecule has 0 bridgehead atoms. The summed E-state index contributed by atoms with van der Waals surface area (Å²) in [6, 6.07) is 14.7. The number of benzene rings is 2. The maximum Gasteiger partial charge on any atom is 0.243 e. The van der Waals surface area contributed by atoms with Gasteiger partial charge in [0.05, 0.1) is 12.9 Å². The van der Waals surface area contributed by atoms with Gasteiger partial charge in [0.15, 0.2) is 0 Å². The molecule has 2 aromatic carbocycles. The Kier molecular flexibility index (Phi) is 10.2. The molecule has 0 radical (unpaired) electrons. The Morgan fingerprint density at radius 2 is 1.81 bits per heavy atom. The highest BCUT2D eigenvalue weighted by Gasteiger charge is 2.28. The van der Waals surface area contributed by atoms with Crippen molar-refractivity contribution >= 4 is 35.2 Å². The topological polar surface area (TPSA) is 58.6 Å². The molecule has 168 valence electrons. The Labute approximate surface area is 194 Å². The second-order valence-electron chi connectivity index (χ2n) is 7.54. The van der Waals surface area contributed by atoms with E-state index in [2.05, 4.69) is 5.32 Å². The summed E-state index contributed by atoms with van der Waals surface area (Å²) in [7, 11) is 1.62. The van der Waals surface area contributed by atoms with E-state index >= 15 is 0 Å². The van der Waals surface area contributed by atoms with E-state index in [1.807, 2.05) is 69.3 Å². The van der Waals surface area contributed by atoms with Crippen LogP contribution in [0, 0.1) is 0 Å². The summed E-state index contributed by atoms with van der Waals surface area (Å²) in [4.78, 5) is 27.7. The second-order valence-corrected chi connectivity index (χ2v) is 8.93. The highest BCUT2D eigenvalue weighted by Crippen LogP contribution is 2.22. The van der Waals surface area contributed by atoms with Gasteiger partial charge >= 0.3 is 0 Å². The summed E-state index contributed by atoms with van der Waals surface area (Å²) in [5, 5.41) is 3.64. The lowest BCUT2D eigenvalue weighted by Gasteiger charge is -2.31. The first-order valence-corrected chi connectivity index (χ1v) is 11.9. The van der Waals surface area contributed by atoms with Crippen LogP contribution in [0.4, 0.5) is 0 Å². The predicted octanol–water partition coefficient (Wildman–Crippen LogP) is 4.91. The molecule has 7 heteroatoms. The molecule has 0 spiro atoms. The van der Waals surface area contributed by atoms with Gasteiger partial charge in [-0.2, -0.15) is 0 Å². The minimum atomic E-state index is -0.530. The number of hydrogen-bond acceptors (Lipinski definition) is 4. The molecule has 2 aromatic rings. The first-order chi connectivity index (χ1) is 14.8. The van der Waals surface area contributed by atoms with Crippen molar-refractivity contribution in [1.29, 1.82) is 0 Å². The SMILES string of the molecule is CCC(C(=O)NC(C)C)N(Cc1ccc(OC)cc1)C(=O)CSCc1ccccc1Cl. The number of nitrogens with one attached hydrogen (secondary N) is 1. The number of rotatable bonds is 11. The molecule has 0 saturated carbocycles. The summed E-state index contributed by atoms with van der Waals surface area (Å²) in [5.41, 5.74) is 1.94. The molecule has 31 heavy (non-hydrogen) atoms. The molecule has 0 aliphatic heterocycles. The Bertz CT molecular complexity index is 858. The zero-order chi connectivity index (χ0) is 22.8. The fourth-order valence-corrected chi connectivity index (χ4v) is 4.37. The molecule has 2 amide bonds. The van der Waals surface area contributed by atoms with Gasteiger partial charge < -0.3 is 15.0 Å². The van der Waals surface area contributed by atoms with Crippen molar-refractivity contribution < 1.29 is 14.3 Å². The van der Waals surface area contributed by atoms with Gasteiger partial charge in [-0.3, -0.25) is 9.59 Å². The van der Waals surface area contributed by atoms with E-state index in [-0.39, 0.29) is 23.6 Å². The number of amides is 2. The van der Waals surface area contributed by atoms with Gasteiger partial charge in [0.1, 0.15) is 11.8 Å². The standard InChI is InChI=1S/C24H31ClN2O3S/c1-5-22(24(29)26-17(2)3)27(14-18-10-12-20(30-4)13-11-18)23(28)16-31-15-19-8-6-7-9-21(19)25/h6-13,17,22H,5,14-16H2,1-4H3,(H,26,29). The molecule has 5 nitrogen and oxygen atoms in total. The molecular formula is C24H31ClN2O3S. The Morgan fingerprint density at radius 1 is 1.13 bits per heavy atom. The molecule has 0 aromatic heterocycles. The number of carbonyl (C=O) groups excluding carboxylic acids is 2. The van der Waals surface area contributed by atoms with E-state index < -0.39 is 6.04 Å². The lowest BCUT2D eigenvalue weighted by molar-refractivity contribution is -0.139. The van der Waals surface area contributed by atoms with E-state index in [4.69, 9.17) is 16.3 Å². The van der Waals surface area contributed by atoms with Crippen LogP contribution in [-0.2, 0) is 21.9 Å². The van der Waals surface area contributed by atoms with E-state index in [0.29, 0.717) is 23.7 Å². The van der Waals surface area contributed by atoms with E-state index in [1.165, 1.54) is 11.8 Å². The number of methoxy groups -OCH3 is 1. The van der Waals surface area contributed by atoms with E-state index in [1.54, 1.807) is 12.0 Å². The monoisotopic (exact) mass is 462 g/mol. The summed E-state index contributed by atoms with van der Waals surface area (Å²) in [5.74, 6) is 1.46. The summed E-state index contributed by atoms with van der Waals surface area (Å²) in [6.07, 6.45) is 0.537. The number of thioether (sulfide) groups is 1. The zero-order valence-electron chi connectivity index (χ0n) is 18.6. The molecule has 0 aliphatic carbocycles. The lowest BCUT2D eigenvalue weighted by Crippen LogP contribution is -2.50. The van der Waals surface area contributed by atoms with Crippen molar-refractivity contribution in [2.24, 2.45) is 0 Å². The van der Waals surface area contributed by atoms with E-state index in [9.17, 15) is 9.59 Å². The average Bonchev–Trinajstić information content (AvgIpc) is 2.74. The maximum absolute atomic E-state index is 13.2. The third-order valence-corrected chi connectivity index (χ3v) is 6.10. The molecule has 0 heterocycles. The lowest BCUT2D eigenvalue weighted by atomic mass is 10.1. The maximum atomic E-state index is 13.2. The largest absolute Gasteiger partial charge is 0.497 e. The normalized spacial score (nSPS) is 11.8. The number of halogens is 1. The van der Waals surface area contributed by atoms with Crippen LogP contribution in [0.3, 0.4) is 0 Å². The minimum Gasteiger partial charge on any atom is -0.497 e. The van der Waals surface area contributed by atoms with Crippen LogP contribution in [0.5, 0.6) is 5.75 Å². The highest BCUT2D eigenvalue weighted by atomic mass is 35.5. The van der Waals surface area contributed by atoms with Crippen molar-refractivity contribution in [1.82, 2.24) is 10.2 Å². The average molecular weight is 463 g/mol. The van der Waals surface area contributed by atoms with Crippen LogP contribution in [0.25, 0.3) is 0 Å². The minimum absolute atomic E-state index is 0.00841. The van der Waals surface area contributed by atoms with Crippen LogP contribution in [-0.4, -0.2) is 41.7 Å². The molecule has 0 aliphatic rings. The third kappa shape index (κ3) is 7.78. The van der Waals surface area contributed by atoms with Crippen LogP contribution in [0.2, 0.25) is 5.02 Å². The van der Waals surface area contributed by atoms with Crippen molar-refractivity contribution in [3.63, 3.8) is 0 Å². The van der Waals surface area contributed by atoms with E-state index in [0.717, 1.165) is 16.9 Å². The fourth-order valence-electron chi connectivity index (χ4n) is 3.17.